The molecule has 4 rings (SSSR count). The first-order valence-electron chi connectivity index (χ1n) is 8.21. The predicted octanol–water partition coefficient (Wildman–Crippen LogP) is 2.37. The number of thiazole rings is 1. The summed E-state index contributed by atoms with van der Waals surface area (Å²) >= 11 is 1.52. The SMILES string of the molecule is Cc1cccc(-n2nnn(C)c2=O)c1COc1cccc(-c2nccs2)n1. The van der Waals surface area contributed by atoms with Gasteiger partial charge in [0.05, 0.1) is 5.69 Å². The number of tetrazole rings is 1. The molecule has 0 spiro atoms. The number of aromatic nitrogens is 6. The van der Waals surface area contributed by atoms with Crippen molar-refractivity contribution in [2.45, 2.75) is 13.5 Å². The van der Waals surface area contributed by atoms with Crippen LogP contribution in [-0.2, 0) is 13.7 Å². The van der Waals surface area contributed by atoms with Crippen LogP contribution >= 0.6 is 11.3 Å². The average Bonchev–Trinajstić information content (AvgIpc) is 3.32. The Morgan fingerprint density at radius 3 is 2.74 bits per heavy atom. The van der Waals surface area contributed by atoms with Gasteiger partial charge in [0.25, 0.3) is 0 Å². The molecule has 0 saturated heterocycles. The van der Waals surface area contributed by atoms with Crippen molar-refractivity contribution in [3.8, 4) is 22.3 Å². The van der Waals surface area contributed by atoms with Crippen molar-refractivity contribution in [1.82, 2.24) is 29.8 Å². The van der Waals surface area contributed by atoms with E-state index in [1.807, 2.05) is 42.6 Å². The Morgan fingerprint density at radius 2 is 2.00 bits per heavy atom. The van der Waals surface area contributed by atoms with Crippen molar-refractivity contribution < 1.29 is 4.74 Å². The van der Waals surface area contributed by atoms with Crippen molar-refractivity contribution in [3.63, 3.8) is 0 Å². The standard InChI is InChI=1S/C18H16N6O2S/c1-12-5-3-7-15(24-18(25)23(2)21-22-24)13(12)11-26-16-8-4-6-14(20-16)17-19-9-10-27-17/h3-10H,11H2,1-2H3. The monoisotopic (exact) mass is 380 g/mol. The molecule has 0 bridgehead atoms. The Bertz CT molecular complexity index is 1130. The lowest BCUT2D eigenvalue weighted by atomic mass is 10.1. The Balaban J connectivity index is 1.63. The number of pyridine rings is 1. The number of nitrogens with zero attached hydrogens (tertiary/aromatic N) is 6. The second-order valence-corrected chi connectivity index (χ2v) is 6.75. The first-order valence-corrected chi connectivity index (χ1v) is 9.09. The summed E-state index contributed by atoms with van der Waals surface area (Å²) in [5.41, 5.74) is 2.93. The molecule has 3 aromatic heterocycles. The highest BCUT2D eigenvalue weighted by molar-refractivity contribution is 7.13. The number of hydrogen-bond acceptors (Lipinski definition) is 7. The minimum absolute atomic E-state index is 0.249. The first-order chi connectivity index (χ1) is 13.1. The second kappa shape index (κ2) is 7.12. The maximum Gasteiger partial charge on any atom is 0.368 e. The average molecular weight is 380 g/mol. The van der Waals surface area contributed by atoms with Crippen LogP contribution in [0, 0.1) is 6.92 Å². The van der Waals surface area contributed by atoms with Gasteiger partial charge in [0.1, 0.15) is 17.3 Å². The highest BCUT2D eigenvalue weighted by Crippen LogP contribution is 2.23. The van der Waals surface area contributed by atoms with Crippen LogP contribution in [0.25, 0.3) is 16.4 Å². The predicted molar refractivity (Wildman–Crippen MR) is 101 cm³/mol. The van der Waals surface area contributed by atoms with E-state index in [4.69, 9.17) is 4.74 Å². The lowest BCUT2D eigenvalue weighted by molar-refractivity contribution is 0.293. The van der Waals surface area contributed by atoms with Gasteiger partial charge in [-0.25, -0.2) is 14.8 Å². The number of rotatable bonds is 5. The van der Waals surface area contributed by atoms with Gasteiger partial charge in [0.2, 0.25) is 5.88 Å². The van der Waals surface area contributed by atoms with Gasteiger partial charge < -0.3 is 4.74 Å². The molecule has 0 radical (unpaired) electrons. The molecular formula is C18H16N6O2S. The van der Waals surface area contributed by atoms with Crippen molar-refractivity contribution >= 4 is 11.3 Å². The molecule has 0 aliphatic rings. The maximum absolute atomic E-state index is 12.2. The number of ether oxygens (including phenoxy) is 1. The smallest absolute Gasteiger partial charge is 0.368 e. The Kier molecular flexibility index (Phi) is 4.51. The fourth-order valence-electron chi connectivity index (χ4n) is 2.65. The van der Waals surface area contributed by atoms with Gasteiger partial charge in [-0.1, -0.05) is 18.2 Å². The molecule has 0 atom stereocenters. The van der Waals surface area contributed by atoms with E-state index in [9.17, 15) is 4.79 Å². The molecular weight excluding hydrogens is 364 g/mol. The van der Waals surface area contributed by atoms with E-state index in [1.165, 1.54) is 20.7 Å². The van der Waals surface area contributed by atoms with E-state index < -0.39 is 0 Å². The largest absolute Gasteiger partial charge is 0.473 e. The minimum atomic E-state index is -0.314. The second-order valence-electron chi connectivity index (χ2n) is 5.86. The van der Waals surface area contributed by atoms with Gasteiger partial charge in [-0.2, -0.15) is 9.36 Å². The lowest BCUT2D eigenvalue weighted by Crippen LogP contribution is -2.23. The number of aryl methyl sites for hydroxylation is 2. The summed E-state index contributed by atoms with van der Waals surface area (Å²) in [6.45, 7) is 2.21. The minimum Gasteiger partial charge on any atom is -0.473 e. The zero-order chi connectivity index (χ0) is 18.8. The van der Waals surface area contributed by atoms with Crippen LogP contribution in [0.5, 0.6) is 5.88 Å². The van der Waals surface area contributed by atoms with E-state index in [-0.39, 0.29) is 12.3 Å². The van der Waals surface area contributed by atoms with Crippen molar-refractivity contribution in [2.24, 2.45) is 7.05 Å². The van der Waals surface area contributed by atoms with Gasteiger partial charge >= 0.3 is 5.69 Å². The van der Waals surface area contributed by atoms with Gasteiger partial charge in [0, 0.05) is 30.3 Å². The highest BCUT2D eigenvalue weighted by Gasteiger charge is 2.14. The first kappa shape index (κ1) is 17.1. The molecule has 0 aliphatic heterocycles. The van der Waals surface area contributed by atoms with E-state index in [0.29, 0.717) is 11.6 Å². The van der Waals surface area contributed by atoms with Crippen LogP contribution in [0.4, 0.5) is 0 Å². The van der Waals surface area contributed by atoms with E-state index >= 15 is 0 Å². The van der Waals surface area contributed by atoms with Crippen LogP contribution in [0.1, 0.15) is 11.1 Å². The van der Waals surface area contributed by atoms with Gasteiger partial charge in [-0.05, 0) is 35.0 Å². The quantitative estimate of drug-likeness (QED) is 0.528. The summed E-state index contributed by atoms with van der Waals surface area (Å²) in [6, 6.07) is 11.2. The van der Waals surface area contributed by atoms with Gasteiger partial charge in [0.15, 0.2) is 0 Å². The van der Waals surface area contributed by atoms with Crippen LogP contribution in [0.2, 0.25) is 0 Å². The normalized spacial score (nSPS) is 10.9. The summed E-state index contributed by atoms with van der Waals surface area (Å²) in [6.07, 6.45) is 1.74. The summed E-state index contributed by atoms with van der Waals surface area (Å²) in [5, 5.41) is 10.5. The molecule has 3 heterocycles. The van der Waals surface area contributed by atoms with Crippen LogP contribution in [-0.4, -0.2) is 29.8 Å². The van der Waals surface area contributed by atoms with E-state index in [0.717, 1.165) is 21.8 Å². The summed E-state index contributed by atoms with van der Waals surface area (Å²) in [5.74, 6) is 0.489. The lowest BCUT2D eigenvalue weighted by Gasteiger charge is -2.12. The fraction of sp³-hybridized carbons (Fsp3) is 0.167. The molecule has 4 aromatic rings. The molecule has 0 N–H and O–H groups in total. The molecule has 8 nitrogen and oxygen atoms in total. The summed E-state index contributed by atoms with van der Waals surface area (Å²) in [7, 11) is 1.56. The molecule has 0 saturated carbocycles. The molecule has 0 fully saturated rings. The molecule has 1 aromatic carbocycles. The third-order valence-corrected chi connectivity index (χ3v) is 4.87. The van der Waals surface area contributed by atoms with Crippen molar-refractivity contribution in [2.75, 3.05) is 0 Å². The zero-order valence-corrected chi connectivity index (χ0v) is 15.6. The van der Waals surface area contributed by atoms with Crippen LogP contribution in [0.15, 0.2) is 52.8 Å². The summed E-state index contributed by atoms with van der Waals surface area (Å²) in [4.78, 5) is 21.0. The van der Waals surface area contributed by atoms with E-state index in [1.54, 1.807) is 19.3 Å². The third kappa shape index (κ3) is 3.36. The maximum atomic E-state index is 12.2. The Morgan fingerprint density at radius 1 is 1.15 bits per heavy atom. The van der Waals surface area contributed by atoms with Crippen molar-refractivity contribution in [1.29, 1.82) is 0 Å². The van der Waals surface area contributed by atoms with Crippen LogP contribution in [0.3, 0.4) is 0 Å². The molecule has 0 amide bonds. The van der Waals surface area contributed by atoms with Crippen molar-refractivity contribution in [3.05, 3.63) is 69.6 Å². The summed E-state index contributed by atoms with van der Waals surface area (Å²) < 4.78 is 8.37. The van der Waals surface area contributed by atoms with Gasteiger partial charge in [-0.15, -0.1) is 11.3 Å². The fourth-order valence-corrected chi connectivity index (χ4v) is 3.25. The topological polar surface area (TPSA) is 87.7 Å². The zero-order valence-electron chi connectivity index (χ0n) is 14.7. The van der Waals surface area contributed by atoms with E-state index in [2.05, 4.69) is 20.4 Å². The third-order valence-electron chi connectivity index (χ3n) is 4.07. The highest BCUT2D eigenvalue weighted by atomic mass is 32.1. The van der Waals surface area contributed by atoms with Gasteiger partial charge in [-0.3, -0.25) is 0 Å². The molecule has 0 aliphatic carbocycles. The van der Waals surface area contributed by atoms with Crippen LogP contribution < -0.4 is 10.4 Å². The Labute approximate surface area is 158 Å². The Hall–Kier alpha value is -3.33. The number of hydrogen-bond donors (Lipinski definition) is 0. The molecule has 136 valence electrons. The molecule has 9 heteroatoms. The molecule has 0 unspecified atom stereocenters. The molecule has 27 heavy (non-hydrogen) atoms. The number of benzene rings is 1.